The normalized spacial score (nSPS) is 10.9. The lowest BCUT2D eigenvalue weighted by Crippen LogP contribution is -2.09. The molecule has 0 spiro atoms. The highest BCUT2D eigenvalue weighted by molar-refractivity contribution is 5.92. The minimum Gasteiger partial charge on any atom is -0.392 e. The summed E-state index contributed by atoms with van der Waals surface area (Å²) in [6, 6.07) is 49.6. The van der Waals surface area contributed by atoms with Crippen LogP contribution in [0.5, 0.6) is 0 Å². The predicted molar refractivity (Wildman–Crippen MR) is 189 cm³/mol. The minimum atomic E-state index is 0.00389. The van der Waals surface area contributed by atoms with E-state index in [1.54, 1.807) is 0 Å². The van der Waals surface area contributed by atoms with Crippen molar-refractivity contribution in [2.75, 3.05) is 4.90 Å². The van der Waals surface area contributed by atoms with E-state index in [0.717, 1.165) is 67.1 Å². The number of aryl methyl sites for hydroxylation is 1. The van der Waals surface area contributed by atoms with Gasteiger partial charge >= 0.3 is 0 Å². The molecule has 6 rings (SSSR count). The molecule has 0 aliphatic heterocycles. The molecule has 0 radical (unpaired) electrons. The van der Waals surface area contributed by atoms with Gasteiger partial charge in [-0.3, -0.25) is 0 Å². The molecule has 0 heterocycles. The minimum absolute atomic E-state index is 0.00389. The molecule has 0 amide bonds. The summed E-state index contributed by atoms with van der Waals surface area (Å²) in [6.07, 6.45) is 2.18. The van der Waals surface area contributed by atoms with Crippen LogP contribution in [0.15, 0.2) is 146 Å². The van der Waals surface area contributed by atoms with Crippen LogP contribution < -0.4 is 4.90 Å². The summed E-state index contributed by atoms with van der Waals surface area (Å²) >= 11 is 0. The van der Waals surface area contributed by atoms with E-state index in [0.29, 0.717) is 0 Å². The molecule has 0 atom stereocenters. The fourth-order valence-corrected chi connectivity index (χ4v) is 5.55. The Bertz CT molecular complexity index is 1840. The van der Waals surface area contributed by atoms with Crippen LogP contribution in [0.2, 0.25) is 0 Å². The first-order chi connectivity index (χ1) is 22.5. The van der Waals surface area contributed by atoms with Gasteiger partial charge in [0.05, 0.1) is 19.8 Å². The van der Waals surface area contributed by atoms with Gasteiger partial charge in [-0.05, 0) is 99.5 Å². The van der Waals surface area contributed by atoms with Crippen molar-refractivity contribution in [3.63, 3.8) is 0 Å². The van der Waals surface area contributed by atoms with Gasteiger partial charge in [0.25, 0.3) is 0 Å². The van der Waals surface area contributed by atoms with E-state index in [2.05, 4.69) is 90.7 Å². The molecule has 46 heavy (non-hydrogen) atoms. The standard InChI is InChI=1S/C42H37NO3/c1-30-2-20-39(21-3-30)43(41-24-18-36(19-25-41)35-12-4-32(27-44)5-13-35)40-22-10-31(11-23-40)26-42(37-14-6-33(28-45)7-15-37)38-16-8-34(29-46)9-17-38/h2-26,44-46H,27-29H2,1H3. The summed E-state index contributed by atoms with van der Waals surface area (Å²) in [7, 11) is 0. The average molecular weight is 604 g/mol. The summed E-state index contributed by atoms with van der Waals surface area (Å²) in [5.41, 5.74) is 13.4. The molecule has 6 aromatic rings. The first-order valence-electron chi connectivity index (χ1n) is 15.4. The maximum Gasteiger partial charge on any atom is 0.0681 e. The van der Waals surface area contributed by atoms with Crippen LogP contribution in [-0.4, -0.2) is 15.3 Å². The van der Waals surface area contributed by atoms with E-state index in [-0.39, 0.29) is 19.8 Å². The fraction of sp³-hybridized carbons (Fsp3) is 0.0952. The molecule has 0 saturated carbocycles. The second-order valence-electron chi connectivity index (χ2n) is 11.4. The van der Waals surface area contributed by atoms with Crippen LogP contribution in [0.25, 0.3) is 22.8 Å². The fourth-order valence-electron chi connectivity index (χ4n) is 5.55. The van der Waals surface area contributed by atoms with Crippen molar-refractivity contribution in [1.82, 2.24) is 0 Å². The molecular formula is C42H37NO3. The van der Waals surface area contributed by atoms with Crippen molar-refractivity contribution in [3.8, 4) is 11.1 Å². The van der Waals surface area contributed by atoms with Crippen LogP contribution in [0.3, 0.4) is 0 Å². The van der Waals surface area contributed by atoms with Crippen molar-refractivity contribution in [2.45, 2.75) is 26.7 Å². The van der Waals surface area contributed by atoms with E-state index in [9.17, 15) is 15.3 Å². The number of benzene rings is 6. The third-order valence-electron chi connectivity index (χ3n) is 8.24. The summed E-state index contributed by atoms with van der Waals surface area (Å²) in [5.74, 6) is 0. The highest BCUT2D eigenvalue weighted by atomic mass is 16.3. The van der Waals surface area contributed by atoms with Crippen molar-refractivity contribution in [3.05, 3.63) is 185 Å². The van der Waals surface area contributed by atoms with Crippen LogP contribution >= 0.6 is 0 Å². The van der Waals surface area contributed by atoms with E-state index < -0.39 is 0 Å². The van der Waals surface area contributed by atoms with Gasteiger partial charge < -0.3 is 20.2 Å². The van der Waals surface area contributed by atoms with E-state index in [1.165, 1.54) is 5.56 Å². The van der Waals surface area contributed by atoms with Crippen molar-refractivity contribution in [2.24, 2.45) is 0 Å². The summed E-state index contributed by atoms with van der Waals surface area (Å²) in [5, 5.41) is 28.5. The Balaban J connectivity index is 1.36. The first-order valence-corrected chi connectivity index (χ1v) is 15.4. The Morgan fingerprint density at radius 3 is 1.22 bits per heavy atom. The first kappa shape index (κ1) is 30.8. The Hall–Kier alpha value is -5.26. The van der Waals surface area contributed by atoms with Gasteiger partial charge in [-0.25, -0.2) is 0 Å². The molecule has 0 bridgehead atoms. The highest BCUT2D eigenvalue weighted by Crippen LogP contribution is 2.36. The van der Waals surface area contributed by atoms with Gasteiger partial charge in [0.2, 0.25) is 0 Å². The van der Waals surface area contributed by atoms with Gasteiger partial charge in [0.1, 0.15) is 0 Å². The lowest BCUT2D eigenvalue weighted by atomic mass is 9.94. The van der Waals surface area contributed by atoms with Crippen LogP contribution in [0, 0.1) is 6.92 Å². The van der Waals surface area contributed by atoms with Gasteiger partial charge in [-0.15, -0.1) is 0 Å². The van der Waals surface area contributed by atoms with Crippen molar-refractivity contribution in [1.29, 1.82) is 0 Å². The largest absolute Gasteiger partial charge is 0.392 e. The molecule has 228 valence electrons. The smallest absolute Gasteiger partial charge is 0.0681 e. The van der Waals surface area contributed by atoms with Crippen molar-refractivity contribution >= 4 is 28.7 Å². The molecule has 3 N–H and O–H groups in total. The quantitative estimate of drug-likeness (QED) is 0.137. The topological polar surface area (TPSA) is 63.9 Å². The van der Waals surface area contributed by atoms with Gasteiger partial charge in [0.15, 0.2) is 0 Å². The number of anilines is 3. The third kappa shape index (κ3) is 7.01. The van der Waals surface area contributed by atoms with Crippen molar-refractivity contribution < 1.29 is 15.3 Å². The molecule has 6 aromatic carbocycles. The average Bonchev–Trinajstić information content (AvgIpc) is 3.12. The summed E-state index contributed by atoms with van der Waals surface area (Å²) in [4.78, 5) is 2.26. The zero-order valence-electron chi connectivity index (χ0n) is 25.8. The monoisotopic (exact) mass is 603 g/mol. The number of hydrogen-bond acceptors (Lipinski definition) is 4. The number of hydrogen-bond donors (Lipinski definition) is 3. The molecule has 4 heteroatoms. The SMILES string of the molecule is Cc1ccc(N(c2ccc(C=C(c3ccc(CO)cc3)c3ccc(CO)cc3)cc2)c2ccc(-c3ccc(CO)cc3)cc2)cc1. The lowest BCUT2D eigenvalue weighted by molar-refractivity contribution is 0.281. The maximum absolute atomic E-state index is 9.56. The number of aliphatic hydroxyl groups excluding tert-OH is 3. The molecule has 0 fully saturated rings. The van der Waals surface area contributed by atoms with E-state index in [4.69, 9.17) is 0 Å². The number of nitrogens with zero attached hydrogens (tertiary/aromatic N) is 1. The molecular weight excluding hydrogens is 566 g/mol. The Morgan fingerprint density at radius 1 is 0.457 bits per heavy atom. The van der Waals surface area contributed by atoms with Gasteiger partial charge in [-0.2, -0.15) is 0 Å². The third-order valence-corrected chi connectivity index (χ3v) is 8.24. The molecule has 0 saturated heterocycles. The molecule has 0 aromatic heterocycles. The zero-order chi connectivity index (χ0) is 31.9. The Labute approximate surface area is 270 Å². The summed E-state index contributed by atoms with van der Waals surface area (Å²) < 4.78 is 0. The number of rotatable bonds is 10. The second kappa shape index (κ2) is 14.2. The van der Waals surface area contributed by atoms with Gasteiger partial charge in [-0.1, -0.05) is 115 Å². The van der Waals surface area contributed by atoms with Crippen LogP contribution in [0.4, 0.5) is 17.1 Å². The maximum atomic E-state index is 9.56. The van der Waals surface area contributed by atoms with E-state index >= 15 is 0 Å². The predicted octanol–water partition coefficient (Wildman–Crippen LogP) is 9.20. The van der Waals surface area contributed by atoms with E-state index in [1.807, 2.05) is 72.8 Å². The molecule has 0 aliphatic rings. The molecule has 0 aliphatic carbocycles. The zero-order valence-corrected chi connectivity index (χ0v) is 25.8. The molecule has 4 nitrogen and oxygen atoms in total. The Kier molecular flexibility index (Phi) is 9.51. The Morgan fingerprint density at radius 2 is 0.804 bits per heavy atom. The van der Waals surface area contributed by atoms with Gasteiger partial charge in [0, 0.05) is 17.1 Å². The van der Waals surface area contributed by atoms with Crippen LogP contribution in [0.1, 0.15) is 38.9 Å². The number of aliphatic hydroxyl groups is 3. The highest BCUT2D eigenvalue weighted by Gasteiger charge is 2.14. The molecule has 0 unspecified atom stereocenters. The lowest BCUT2D eigenvalue weighted by Gasteiger charge is -2.26. The second-order valence-corrected chi connectivity index (χ2v) is 11.4. The summed E-state index contributed by atoms with van der Waals surface area (Å²) in [6.45, 7) is 2.14. The van der Waals surface area contributed by atoms with Crippen LogP contribution in [-0.2, 0) is 19.8 Å².